The first-order valence-electron chi connectivity index (χ1n) is 7.53. The van der Waals surface area contributed by atoms with Crippen molar-refractivity contribution in [2.45, 2.75) is 13.8 Å². The van der Waals surface area contributed by atoms with E-state index in [1.807, 2.05) is 32.0 Å². The van der Waals surface area contributed by atoms with E-state index in [1.165, 1.54) is 12.7 Å². The molecule has 0 bridgehead atoms. The third-order valence-corrected chi connectivity index (χ3v) is 4.57. The molecule has 0 spiro atoms. The lowest BCUT2D eigenvalue weighted by molar-refractivity contribution is 1.17. The average molecular weight is 399 g/mol. The molecule has 25 heavy (non-hydrogen) atoms. The third-order valence-electron chi connectivity index (χ3n) is 3.72. The van der Waals surface area contributed by atoms with Crippen molar-refractivity contribution >= 4 is 37.7 Å². The molecule has 0 amide bonds. The Balaban J connectivity index is 0.000000146. The number of nitrogens with zero attached hydrogens (tertiary/aromatic N) is 2. The molecule has 0 aliphatic carbocycles. The van der Waals surface area contributed by atoms with Gasteiger partial charge in [0, 0.05) is 4.47 Å². The van der Waals surface area contributed by atoms with Gasteiger partial charge in [-0.05, 0) is 49.2 Å². The Hall–Kier alpha value is -2.80. The van der Waals surface area contributed by atoms with Gasteiger partial charge in [-0.25, -0.2) is 9.97 Å². The minimum absolute atomic E-state index is 0.0833. The van der Waals surface area contributed by atoms with E-state index in [-0.39, 0.29) is 11.1 Å². The maximum absolute atomic E-state index is 11.3. The molecule has 0 saturated heterocycles. The molecule has 0 aliphatic rings. The number of hydrogen-bond donors (Lipinski definition) is 2. The molecule has 0 atom stereocenters. The predicted molar refractivity (Wildman–Crippen MR) is 102 cm³/mol. The largest absolute Gasteiger partial charge is 0.313 e. The van der Waals surface area contributed by atoms with Gasteiger partial charge in [0.05, 0.1) is 34.5 Å². The summed E-state index contributed by atoms with van der Waals surface area (Å²) in [6.07, 6.45) is 2.84. The Morgan fingerprint density at radius 3 is 2.12 bits per heavy atom. The second-order valence-electron chi connectivity index (χ2n) is 5.60. The zero-order chi connectivity index (χ0) is 18.0. The molecular weight excluding hydrogens is 384 g/mol. The van der Waals surface area contributed by atoms with Crippen LogP contribution in [-0.4, -0.2) is 19.9 Å². The van der Waals surface area contributed by atoms with Gasteiger partial charge >= 0.3 is 0 Å². The summed E-state index contributed by atoms with van der Waals surface area (Å²) in [6, 6.07) is 9.26. The number of halogens is 1. The third kappa shape index (κ3) is 3.66. The molecule has 2 heterocycles. The first kappa shape index (κ1) is 17.0. The lowest BCUT2D eigenvalue weighted by Crippen LogP contribution is -2.06. The number of aromatic amines is 2. The molecule has 2 aromatic heterocycles. The predicted octanol–water partition coefficient (Wildman–Crippen LogP) is 3.23. The van der Waals surface area contributed by atoms with Crippen molar-refractivity contribution in [3.8, 4) is 0 Å². The summed E-state index contributed by atoms with van der Waals surface area (Å²) < 4.78 is 0.929. The van der Waals surface area contributed by atoms with Gasteiger partial charge in [-0.2, -0.15) is 0 Å². The van der Waals surface area contributed by atoms with E-state index >= 15 is 0 Å². The molecule has 0 unspecified atom stereocenters. The summed E-state index contributed by atoms with van der Waals surface area (Å²) in [5.41, 5.74) is 3.47. The van der Waals surface area contributed by atoms with Crippen LogP contribution in [0.2, 0.25) is 0 Å². The normalized spacial score (nSPS) is 10.5. The van der Waals surface area contributed by atoms with Crippen LogP contribution in [0.5, 0.6) is 0 Å². The maximum Gasteiger partial charge on any atom is 0.258 e. The Morgan fingerprint density at radius 2 is 1.44 bits per heavy atom. The van der Waals surface area contributed by atoms with Crippen molar-refractivity contribution in [2.24, 2.45) is 0 Å². The number of fused-ring (bicyclic) bond motifs is 2. The average Bonchev–Trinajstić information content (AvgIpc) is 2.57. The van der Waals surface area contributed by atoms with Crippen molar-refractivity contribution in [3.63, 3.8) is 0 Å². The van der Waals surface area contributed by atoms with Crippen molar-refractivity contribution < 1.29 is 0 Å². The Labute approximate surface area is 151 Å². The summed E-state index contributed by atoms with van der Waals surface area (Å²) in [5, 5.41) is 1.25. The topological polar surface area (TPSA) is 91.5 Å². The molecule has 0 radical (unpaired) electrons. The molecule has 2 aromatic carbocycles. The standard InChI is InChI=1S/C9H7BrN2O.C9H8N2O/c1-5-2-8-6(3-7(5)10)9(13)12-4-11-8;1-6-2-3-7-8(4-6)10-5-11-9(7)12/h2-4H,1H3,(H,11,12,13);2-5H,1H3,(H,10,11,12). The number of H-pyrrole nitrogens is 2. The van der Waals surface area contributed by atoms with Crippen LogP contribution < -0.4 is 11.1 Å². The summed E-state index contributed by atoms with van der Waals surface area (Å²) in [5.74, 6) is 0. The highest BCUT2D eigenvalue weighted by Crippen LogP contribution is 2.19. The van der Waals surface area contributed by atoms with E-state index in [2.05, 4.69) is 35.9 Å². The molecule has 126 valence electrons. The number of nitrogens with one attached hydrogen (secondary N) is 2. The zero-order valence-corrected chi connectivity index (χ0v) is 15.2. The summed E-state index contributed by atoms with van der Waals surface area (Å²) >= 11 is 3.37. The SMILES string of the molecule is Cc1cc2nc[nH]c(=O)c2cc1Br.Cc1ccc2c(=O)[nH]cnc2c1. The summed E-state index contributed by atoms with van der Waals surface area (Å²) in [4.78, 5) is 35.7. The van der Waals surface area contributed by atoms with Crippen LogP contribution >= 0.6 is 15.9 Å². The van der Waals surface area contributed by atoms with Crippen molar-refractivity contribution in [1.29, 1.82) is 0 Å². The molecular formula is C18H15BrN4O2. The number of hydrogen-bond acceptors (Lipinski definition) is 4. The Bertz CT molecular complexity index is 1180. The van der Waals surface area contributed by atoms with E-state index in [9.17, 15) is 9.59 Å². The van der Waals surface area contributed by atoms with E-state index in [4.69, 9.17) is 0 Å². The van der Waals surface area contributed by atoms with Crippen molar-refractivity contribution in [1.82, 2.24) is 19.9 Å². The monoisotopic (exact) mass is 398 g/mol. The highest BCUT2D eigenvalue weighted by Gasteiger charge is 2.02. The van der Waals surface area contributed by atoms with Gasteiger partial charge in [-0.3, -0.25) is 9.59 Å². The summed E-state index contributed by atoms with van der Waals surface area (Å²) in [7, 11) is 0. The van der Waals surface area contributed by atoms with Crippen LogP contribution in [-0.2, 0) is 0 Å². The van der Waals surface area contributed by atoms with Crippen LogP contribution in [0.4, 0.5) is 0 Å². The molecule has 0 aliphatic heterocycles. The minimum atomic E-state index is -0.106. The second-order valence-corrected chi connectivity index (χ2v) is 6.46. The molecule has 4 rings (SSSR count). The van der Waals surface area contributed by atoms with Gasteiger partial charge < -0.3 is 9.97 Å². The zero-order valence-electron chi connectivity index (χ0n) is 13.6. The van der Waals surface area contributed by atoms with Crippen LogP contribution in [0, 0.1) is 13.8 Å². The highest BCUT2D eigenvalue weighted by molar-refractivity contribution is 9.10. The smallest absolute Gasteiger partial charge is 0.258 e. The van der Waals surface area contributed by atoms with Crippen LogP contribution in [0.25, 0.3) is 21.8 Å². The fourth-order valence-electron chi connectivity index (χ4n) is 2.37. The highest BCUT2D eigenvalue weighted by atomic mass is 79.9. The minimum Gasteiger partial charge on any atom is -0.313 e. The first-order valence-corrected chi connectivity index (χ1v) is 8.32. The molecule has 0 saturated carbocycles. The Kier molecular flexibility index (Phi) is 4.76. The number of rotatable bonds is 0. The van der Waals surface area contributed by atoms with Crippen LogP contribution in [0.15, 0.2) is 57.0 Å². The second kappa shape index (κ2) is 6.98. The molecule has 6 nitrogen and oxygen atoms in total. The van der Waals surface area contributed by atoms with Crippen molar-refractivity contribution in [2.75, 3.05) is 0 Å². The van der Waals surface area contributed by atoms with Crippen LogP contribution in [0.1, 0.15) is 11.1 Å². The lowest BCUT2D eigenvalue weighted by atomic mass is 10.2. The number of aryl methyl sites for hydroxylation is 2. The fraction of sp³-hybridized carbons (Fsp3) is 0.111. The van der Waals surface area contributed by atoms with Crippen molar-refractivity contribution in [3.05, 3.63) is 79.3 Å². The number of benzene rings is 2. The molecule has 2 N–H and O–H groups in total. The first-order chi connectivity index (χ1) is 12.0. The Morgan fingerprint density at radius 1 is 0.840 bits per heavy atom. The number of aromatic nitrogens is 4. The quantitative estimate of drug-likeness (QED) is 0.475. The van der Waals surface area contributed by atoms with Gasteiger partial charge in [-0.15, -0.1) is 0 Å². The lowest BCUT2D eigenvalue weighted by Gasteiger charge is -1.99. The van der Waals surface area contributed by atoms with E-state index in [1.54, 1.807) is 12.1 Å². The molecule has 0 fully saturated rings. The van der Waals surface area contributed by atoms with E-state index in [0.717, 1.165) is 26.6 Å². The van der Waals surface area contributed by atoms with Gasteiger partial charge in [0.25, 0.3) is 11.1 Å². The summed E-state index contributed by atoms with van der Waals surface area (Å²) in [6.45, 7) is 3.94. The molecule has 7 heteroatoms. The van der Waals surface area contributed by atoms with Gasteiger partial charge in [-0.1, -0.05) is 22.0 Å². The van der Waals surface area contributed by atoms with Crippen LogP contribution in [0.3, 0.4) is 0 Å². The van der Waals surface area contributed by atoms with E-state index < -0.39 is 0 Å². The van der Waals surface area contributed by atoms with E-state index in [0.29, 0.717) is 10.8 Å². The van der Waals surface area contributed by atoms with Gasteiger partial charge in [0.15, 0.2) is 0 Å². The van der Waals surface area contributed by atoms with Gasteiger partial charge in [0.1, 0.15) is 0 Å². The fourth-order valence-corrected chi connectivity index (χ4v) is 2.72. The maximum atomic E-state index is 11.3. The molecule has 4 aromatic rings. The van der Waals surface area contributed by atoms with Gasteiger partial charge in [0.2, 0.25) is 0 Å².